The Hall–Kier alpha value is -0.400. The number of carboxylic acid groups (broad SMARTS) is 1. The Balaban J connectivity index is 0. The van der Waals surface area contributed by atoms with Gasteiger partial charge in [0.1, 0.15) is 0 Å². The van der Waals surface area contributed by atoms with Crippen molar-refractivity contribution in [3.63, 3.8) is 0 Å². The summed E-state index contributed by atoms with van der Waals surface area (Å²) in [6, 6.07) is 6.43. The molecule has 0 heterocycles. The molecular formula is C14H21NaO5S. The molecule has 0 bridgehead atoms. The van der Waals surface area contributed by atoms with Crippen LogP contribution >= 0.6 is 0 Å². The van der Waals surface area contributed by atoms with Gasteiger partial charge in [0, 0.05) is 6.42 Å². The van der Waals surface area contributed by atoms with E-state index in [0.717, 1.165) is 25.7 Å². The Morgan fingerprint density at radius 1 is 1.05 bits per heavy atom. The van der Waals surface area contributed by atoms with Crippen LogP contribution in [0.15, 0.2) is 29.2 Å². The molecule has 0 spiro atoms. The van der Waals surface area contributed by atoms with E-state index in [-0.39, 0.29) is 42.3 Å². The van der Waals surface area contributed by atoms with Crippen molar-refractivity contribution in [2.24, 2.45) is 0 Å². The van der Waals surface area contributed by atoms with E-state index in [0.29, 0.717) is 18.4 Å². The Bertz CT molecular complexity index is 548. The summed E-state index contributed by atoms with van der Waals surface area (Å²) in [5.41, 5.74) is 0.625. The van der Waals surface area contributed by atoms with E-state index in [2.05, 4.69) is 0 Å². The monoisotopic (exact) mass is 324 g/mol. The Kier molecular flexibility index (Phi) is 10.1. The van der Waals surface area contributed by atoms with Crippen molar-refractivity contribution in [1.29, 1.82) is 0 Å². The molecule has 5 nitrogen and oxygen atoms in total. The zero-order valence-electron chi connectivity index (χ0n) is 13.3. The maximum Gasteiger partial charge on any atom is 1.00 e. The van der Waals surface area contributed by atoms with Crippen molar-refractivity contribution in [3.8, 4) is 0 Å². The van der Waals surface area contributed by atoms with Gasteiger partial charge in [0.2, 0.25) is 0 Å². The molecular weight excluding hydrogens is 303 g/mol. The number of hydrogen-bond acceptors (Lipinski definition) is 3. The van der Waals surface area contributed by atoms with Gasteiger partial charge in [-0.15, -0.1) is 0 Å². The van der Waals surface area contributed by atoms with Crippen molar-refractivity contribution in [3.05, 3.63) is 29.8 Å². The first-order valence-electron chi connectivity index (χ1n) is 6.68. The third kappa shape index (κ3) is 8.58. The molecule has 1 aromatic carbocycles. The van der Waals surface area contributed by atoms with Crippen LogP contribution in [0.5, 0.6) is 0 Å². The molecule has 0 unspecified atom stereocenters. The van der Waals surface area contributed by atoms with E-state index >= 15 is 0 Å². The van der Waals surface area contributed by atoms with E-state index in [1.807, 2.05) is 0 Å². The number of carbonyl (C=O) groups is 1. The van der Waals surface area contributed by atoms with Crippen molar-refractivity contribution < 1.29 is 53.9 Å². The van der Waals surface area contributed by atoms with E-state index < -0.39 is 16.1 Å². The van der Waals surface area contributed by atoms with E-state index in [1.54, 1.807) is 18.2 Å². The fourth-order valence-corrected chi connectivity index (χ4v) is 2.84. The van der Waals surface area contributed by atoms with Crippen LogP contribution < -0.4 is 29.6 Å². The van der Waals surface area contributed by atoms with Crippen LogP contribution in [0.1, 0.15) is 45.5 Å². The van der Waals surface area contributed by atoms with Crippen LogP contribution in [-0.4, -0.2) is 24.0 Å². The van der Waals surface area contributed by atoms with Crippen LogP contribution in [0.4, 0.5) is 0 Å². The van der Waals surface area contributed by atoms with Gasteiger partial charge in [-0.05, 0) is 30.9 Å². The van der Waals surface area contributed by atoms with E-state index in [9.17, 15) is 13.2 Å². The van der Waals surface area contributed by atoms with Crippen molar-refractivity contribution in [2.45, 2.75) is 49.8 Å². The summed E-state index contributed by atoms with van der Waals surface area (Å²) in [6.45, 7) is 0. The molecule has 0 aliphatic heterocycles. The minimum absolute atomic E-state index is 0. The second-order valence-corrected chi connectivity index (χ2v) is 6.13. The first kappa shape index (κ1) is 20.6. The number of unbranched alkanes of at least 4 members (excludes halogenated alkanes) is 4. The van der Waals surface area contributed by atoms with Crippen molar-refractivity contribution in [1.82, 2.24) is 0 Å². The van der Waals surface area contributed by atoms with Crippen LogP contribution in [-0.2, 0) is 21.3 Å². The first-order chi connectivity index (χ1) is 9.41. The van der Waals surface area contributed by atoms with Gasteiger partial charge in [0.05, 0.1) is 4.90 Å². The summed E-state index contributed by atoms with van der Waals surface area (Å²) in [5.74, 6) is -0.771. The summed E-state index contributed by atoms with van der Waals surface area (Å²) in [5, 5.41) is 8.49. The van der Waals surface area contributed by atoms with Crippen LogP contribution in [0.3, 0.4) is 0 Å². The molecule has 0 saturated carbocycles. The second-order valence-electron chi connectivity index (χ2n) is 4.74. The molecule has 0 aliphatic carbocycles. The van der Waals surface area contributed by atoms with Crippen LogP contribution in [0.2, 0.25) is 0 Å². The fourth-order valence-electron chi connectivity index (χ4n) is 2.08. The molecule has 0 aromatic heterocycles. The van der Waals surface area contributed by atoms with Gasteiger partial charge in [-0.25, -0.2) is 0 Å². The first-order valence-corrected chi connectivity index (χ1v) is 8.12. The molecule has 0 fully saturated rings. The maximum absolute atomic E-state index is 11.2. The normalized spacial score (nSPS) is 10.9. The van der Waals surface area contributed by atoms with Crippen LogP contribution in [0.25, 0.3) is 0 Å². The summed E-state index contributed by atoms with van der Waals surface area (Å²) >= 11 is 0. The van der Waals surface area contributed by atoms with E-state index in [4.69, 9.17) is 9.66 Å². The quantitative estimate of drug-likeness (QED) is 0.379. The third-order valence-corrected chi connectivity index (χ3v) is 4.04. The minimum atomic E-state index is -4.16. The largest absolute Gasteiger partial charge is 1.00 e. The van der Waals surface area contributed by atoms with Crippen LogP contribution in [0, 0.1) is 0 Å². The molecule has 0 radical (unpaired) electrons. The number of rotatable bonds is 9. The number of carboxylic acids is 1. The molecule has 114 valence electrons. The maximum atomic E-state index is 11.2. The van der Waals surface area contributed by atoms with E-state index in [1.165, 1.54) is 6.07 Å². The number of benzene rings is 1. The van der Waals surface area contributed by atoms with Gasteiger partial charge in [-0.3, -0.25) is 9.35 Å². The molecule has 7 heteroatoms. The van der Waals surface area contributed by atoms with Gasteiger partial charge < -0.3 is 6.53 Å². The topological polar surface area (TPSA) is 91.7 Å². The average molecular weight is 324 g/mol. The molecule has 1 aromatic rings. The van der Waals surface area contributed by atoms with Crippen molar-refractivity contribution >= 4 is 16.1 Å². The Labute approximate surface area is 149 Å². The van der Waals surface area contributed by atoms with Crippen molar-refractivity contribution in [2.75, 3.05) is 0 Å². The third-order valence-electron chi connectivity index (χ3n) is 3.09. The molecule has 0 saturated heterocycles. The molecule has 0 amide bonds. The van der Waals surface area contributed by atoms with Gasteiger partial charge in [0.15, 0.2) is 0 Å². The summed E-state index contributed by atoms with van der Waals surface area (Å²) in [7, 11) is -4.16. The molecule has 1 rings (SSSR count). The number of aryl methyl sites for hydroxylation is 1. The summed E-state index contributed by atoms with van der Waals surface area (Å²) in [4.78, 5) is 10.3. The zero-order chi connectivity index (χ0) is 15.0. The molecule has 0 aliphatic rings. The van der Waals surface area contributed by atoms with Gasteiger partial charge >= 0.3 is 35.5 Å². The zero-order valence-corrected chi connectivity index (χ0v) is 15.1. The Morgan fingerprint density at radius 3 is 2.24 bits per heavy atom. The smallest absolute Gasteiger partial charge is 1.00 e. The summed E-state index contributed by atoms with van der Waals surface area (Å²) < 4.78 is 31.5. The predicted octanol–water partition coefficient (Wildman–Crippen LogP) is 0.0175. The SMILES string of the molecule is O=C(O)CCCCCCCc1ccccc1S(=O)(=O)O.[H-].[Na+]. The predicted molar refractivity (Wildman–Crippen MR) is 76.4 cm³/mol. The summed E-state index contributed by atoms with van der Waals surface area (Å²) in [6.07, 6.45) is 5.00. The second kappa shape index (κ2) is 10.3. The van der Waals surface area contributed by atoms with Gasteiger partial charge in [-0.2, -0.15) is 8.42 Å². The Morgan fingerprint density at radius 2 is 1.62 bits per heavy atom. The number of aliphatic carboxylic acids is 1. The number of hydrogen-bond donors (Lipinski definition) is 2. The molecule has 2 N–H and O–H groups in total. The molecule has 21 heavy (non-hydrogen) atoms. The minimum Gasteiger partial charge on any atom is -1.00 e. The average Bonchev–Trinajstić information content (AvgIpc) is 2.36. The van der Waals surface area contributed by atoms with Gasteiger partial charge in [-0.1, -0.05) is 37.5 Å². The molecule has 0 atom stereocenters. The standard InChI is InChI=1S/C14H20O5S.Na.H/c15-14(16)11-5-3-1-2-4-8-12-9-6-7-10-13(12)20(17,18)19;;/h6-7,9-10H,1-5,8,11H2,(H,15,16)(H,17,18,19);;/q;+1;-1. The van der Waals surface area contributed by atoms with Gasteiger partial charge in [0.25, 0.3) is 10.1 Å². The fraction of sp³-hybridized carbons (Fsp3) is 0.500.